The van der Waals surface area contributed by atoms with E-state index in [1.54, 1.807) is 12.1 Å². The number of hydrogen-bond acceptors (Lipinski definition) is 3. The van der Waals surface area contributed by atoms with E-state index in [1.807, 2.05) is 0 Å². The van der Waals surface area contributed by atoms with Crippen molar-refractivity contribution in [2.45, 2.75) is 31.4 Å². The summed E-state index contributed by atoms with van der Waals surface area (Å²) in [5, 5.41) is 11.8. The SMILES string of the molecule is C[C@@H](O)c1cc(C(F)(F)F)cc(C(F)(F)F)c1.O=C1COC[C@H](c2ccc(F)cc2)N1. The minimum absolute atomic E-state index is 0.0197. The molecule has 3 rings (SSSR count). The second kappa shape index (κ2) is 9.65. The van der Waals surface area contributed by atoms with Gasteiger partial charge in [0.2, 0.25) is 5.91 Å². The van der Waals surface area contributed by atoms with Crippen molar-refractivity contribution in [1.82, 2.24) is 5.32 Å². The lowest BCUT2D eigenvalue weighted by Gasteiger charge is -2.23. The lowest BCUT2D eigenvalue weighted by atomic mass is 10.0. The Hall–Kier alpha value is -2.66. The maximum absolute atomic E-state index is 12.6. The second-order valence-electron chi connectivity index (χ2n) is 6.70. The van der Waals surface area contributed by atoms with Crippen molar-refractivity contribution in [3.8, 4) is 0 Å². The molecule has 2 N–H and O–H groups in total. The van der Waals surface area contributed by atoms with Gasteiger partial charge in [-0.2, -0.15) is 26.3 Å². The van der Waals surface area contributed by atoms with E-state index in [4.69, 9.17) is 9.84 Å². The molecule has 11 heteroatoms. The van der Waals surface area contributed by atoms with E-state index in [0.717, 1.165) is 12.5 Å². The fraction of sp³-hybridized carbons (Fsp3) is 0.350. The van der Waals surface area contributed by atoms with Crippen molar-refractivity contribution in [2.24, 2.45) is 0 Å². The predicted octanol–water partition coefficient (Wildman–Crippen LogP) is 4.79. The molecule has 1 saturated heterocycles. The van der Waals surface area contributed by atoms with Crippen LogP contribution in [-0.2, 0) is 21.9 Å². The number of morpholine rings is 1. The van der Waals surface area contributed by atoms with Gasteiger partial charge < -0.3 is 15.2 Å². The minimum Gasteiger partial charge on any atom is -0.389 e. The summed E-state index contributed by atoms with van der Waals surface area (Å²) in [5.41, 5.74) is -2.42. The van der Waals surface area contributed by atoms with Crippen LogP contribution < -0.4 is 5.32 Å². The van der Waals surface area contributed by atoms with Crippen LogP contribution in [0.15, 0.2) is 42.5 Å². The number of ether oxygens (including phenoxy) is 1. The normalized spacial score (nSPS) is 18.0. The Labute approximate surface area is 172 Å². The average Bonchev–Trinajstić information content (AvgIpc) is 2.67. The summed E-state index contributed by atoms with van der Waals surface area (Å²) in [4.78, 5) is 11.0. The summed E-state index contributed by atoms with van der Waals surface area (Å²) >= 11 is 0. The number of aliphatic hydroxyl groups excluding tert-OH is 1. The summed E-state index contributed by atoms with van der Waals surface area (Å²) in [6, 6.07) is 6.90. The van der Waals surface area contributed by atoms with E-state index < -0.39 is 35.1 Å². The Balaban J connectivity index is 0.000000224. The Morgan fingerprint density at radius 2 is 1.52 bits per heavy atom. The van der Waals surface area contributed by atoms with Crippen LogP contribution in [0.25, 0.3) is 0 Å². The third-order valence-electron chi connectivity index (χ3n) is 4.22. The third kappa shape index (κ3) is 7.21. The molecule has 0 aliphatic carbocycles. The number of rotatable bonds is 2. The maximum Gasteiger partial charge on any atom is 0.416 e. The molecular weight excluding hydrogens is 435 g/mol. The minimum atomic E-state index is -4.88. The van der Waals surface area contributed by atoms with Gasteiger partial charge in [0.15, 0.2) is 0 Å². The predicted molar refractivity (Wildman–Crippen MR) is 95.2 cm³/mol. The monoisotopic (exact) mass is 453 g/mol. The van der Waals surface area contributed by atoms with Gasteiger partial charge in [-0.15, -0.1) is 0 Å². The van der Waals surface area contributed by atoms with Gasteiger partial charge in [-0.05, 0) is 48.4 Å². The Bertz CT molecular complexity index is 861. The number of aliphatic hydroxyl groups is 1. The van der Waals surface area contributed by atoms with Crippen LogP contribution >= 0.6 is 0 Å². The van der Waals surface area contributed by atoms with Crippen molar-refractivity contribution in [3.63, 3.8) is 0 Å². The van der Waals surface area contributed by atoms with Crippen molar-refractivity contribution in [1.29, 1.82) is 0 Å². The molecule has 1 heterocycles. The average molecular weight is 453 g/mol. The van der Waals surface area contributed by atoms with Crippen LogP contribution in [0.2, 0.25) is 0 Å². The number of nitrogens with one attached hydrogen (secondary N) is 1. The highest BCUT2D eigenvalue weighted by atomic mass is 19.4. The summed E-state index contributed by atoms with van der Waals surface area (Å²) in [7, 11) is 0. The summed E-state index contributed by atoms with van der Waals surface area (Å²) in [6.07, 6.45) is -11.2. The third-order valence-corrected chi connectivity index (χ3v) is 4.22. The highest BCUT2D eigenvalue weighted by Crippen LogP contribution is 2.37. The van der Waals surface area contributed by atoms with Crippen molar-refractivity contribution < 1.29 is 45.4 Å². The van der Waals surface area contributed by atoms with E-state index in [9.17, 15) is 35.5 Å². The van der Waals surface area contributed by atoms with E-state index in [1.165, 1.54) is 12.1 Å². The van der Waals surface area contributed by atoms with Crippen LogP contribution in [0.4, 0.5) is 30.7 Å². The molecule has 1 amide bonds. The van der Waals surface area contributed by atoms with Crippen LogP contribution in [0, 0.1) is 5.82 Å². The van der Waals surface area contributed by atoms with Gasteiger partial charge in [-0.25, -0.2) is 4.39 Å². The number of carbonyl (C=O) groups is 1. The Kier molecular flexibility index (Phi) is 7.66. The molecule has 0 spiro atoms. The maximum atomic E-state index is 12.6. The zero-order valence-corrected chi connectivity index (χ0v) is 16.0. The first-order chi connectivity index (χ1) is 14.3. The molecule has 0 bridgehead atoms. The molecular formula is C20H18F7NO3. The van der Waals surface area contributed by atoms with E-state index in [-0.39, 0.29) is 30.4 Å². The molecule has 0 unspecified atom stereocenters. The Morgan fingerprint density at radius 3 is 1.94 bits per heavy atom. The van der Waals surface area contributed by atoms with Gasteiger partial charge in [0.05, 0.1) is 29.9 Å². The van der Waals surface area contributed by atoms with Crippen LogP contribution in [0.1, 0.15) is 41.3 Å². The first kappa shape index (κ1) is 24.6. The van der Waals surface area contributed by atoms with Crippen molar-refractivity contribution in [2.75, 3.05) is 13.2 Å². The zero-order chi connectivity index (χ0) is 23.4. The summed E-state index contributed by atoms with van der Waals surface area (Å²) < 4.78 is 91.8. The lowest BCUT2D eigenvalue weighted by Crippen LogP contribution is -2.39. The molecule has 2 aromatic rings. The molecule has 1 aliphatic heterocycles. The topological polar surface area (TPSA) is 58.6 Å². The highest BCUT2D eigenvalue weighted by Gasteiger charge is 2.37. The quantitative estimate of drug-likeness (QED) is 0.643. The first-order valence-corrected chi connectivity index (χ1v) is 8.87. The smallest absolute Gasteiger partial charge is 0.389 e. The Morgan fingerprint density at radius 1 is 1.00 bits per heavy atom. The largest absolute Gasteiger partial charge is 0.416 e. The van der Waals surface area contributed by atoms with Crippen molar-refractivity contribution in [3.05, 3.63) is 70.5 Å². The van der Waals surface area contributed by atoms with Gasteiger partial charge in [-0.1, -0.05) is 12.1 Å². The van der Waals surface area contributed by atoms with E-state index in [2.05, 4.69) is 5.32 Å². The molecule has 2 aromatic carbocycles. The zero-order valence-electron chi connectivity index (χ0n) is 16.0. The number of amides is 1. The number of halogens is 7. The fourth-order valence-electron chi connectivity index (χ4n) is 2.64. The number of alkyl halides is 6. The van der Waals surface area contributed by atoms with Gasteiger partial charge in [0.25, 0.3) is 0 Å². The summed E-state index contributed by atoms with van der Waals surface area (Å²) in [5.74, 6) is -0.414. The fourth-order valence-corrected chi connectivity index (χ4v) is 2.64. The van der Waals surface area contributed by atoms with E-state index >= 15 is 0 Å². The highest BCUT2D eigenvalue weighted by molar-refractivity contribution is 5.78. The molecule has 31 heavy (non-hydrogen) atoms. The molecule has 0 aromatic heterocycles. The van der Waals surface area contributed by atoms with Crippen LogP contribution in [0.5, 0.6) is 0 Å². The van der Waals surface area contributed by atoms with Gasteiger partial charge in [-0.3, -0.25) is 4.79 Å². The van der Waals surface area contributed by atoms with Crippen LogP contribution in [0.3, 0.4) is 0 Å². The van der Waals surface area contributed by atoms with Crippen LogP contribution in [-0.4, -0.2) is 24.2 Å². The van der Waals surface area contributed by atoms with Gasteiger partial charge >= 0.3 is 12.4 Å². The molecule has 170 valence electrons. The second-order valence-corrected chi connectivity index (χ2v) is 6.70. The molecule has 1 aliphatic rings. The van der Waals surface area contributed by atoms with Gasteiger partial charge in [0, 0.05) is 0 Å². The molecule has 0 saturated carbocycles. The lowest BCUT2D eigenvalue weighted by molar-refractivity contribution is -0.143. The molecule has 0 radical (unpaired) electrons. The first-order valence-electron chi connectivity index (χ1n) is 8.87. The summed E-state index contributed by atoms with van der Waals surface area (Å²) in [6.45, 7) is 1.64. The van der Waals surface area contributed by atoms with Gasteiger partial charge in [0.1, 0.15) is 12.4 Å². The number of carbonyl (C=O) groups excluding carboxylic acids is 1. The molecule has 1 fully saturated rings. The standard InChI is InChI=1S/C10H8F6O.C10H10FNO2/c1-5(17)6-2-7(9(11,12)13)4-8(3-6)10(14,15)16;11-8-3-1-7(2-4-8)9-5-14-6-10(13)12-9/h2-5,17H,1H3;1-4,9H,5-6H2,(H,12,13)/t5-;9-/m11/s1. The number of hydrogen-bond donors (Lipinski definition) is 2. The van der Waals surface area contributed by atoms with E-state index in [0.29, 0.717) is 18.7 Å². The molecule has 2 atom stereocenters. The number of benzene rings is 2. The molecule has 4 nitrogen and oxygen atoms in total. The van der Waals surface area contributed by atoms with Crippen molar-refractivity contribution >= 4 is 5.91 Å².